The Labute approximate surface area is 116 Å². The SMILES string of the molecule is CN(Cc1ccccc1)S(=O)(=O)c1scc(N)c1O. The number of nitrogen functional groups attached to an aromatic ring is 1. The third-order valence-electron chi connectivity index (χ3n) is 2.65. The largest absolute Gasteiger partial charge is 0.504 e. The van der Waals surface area contributed by atoms with Crippen molar-refractivity contribution < 1.29 is 13.5 Å². The van der Waals surface area contributed by atoms with E-state index >= 15 is 0 Å². The average Bonchev–Trinajstić information content (AvgIpc) is 2.71. The van der Waals surface area contributed by atoms with Crippen LogP contribution in [0.1, 0.15) is 5.56 Å². The maximum Gasteiger partial charge on any atom is 0.256 e. The predicted molar refractivity (Wildman–Crippen MR) is 75.5 cm³/mol. The lowest BCUT2D eigenvalue weighted by atomic mass is 10.2. The highest BCUT2D eigenvalue weighted by molar-refractivity contribution is 7.91. The van der Waals surface area contributed by atoms with E-state index in [0.29, 0.717) is 0 Å². The van der Waals surface area contributed by atoms with Crippen molar-refractivity contribution in [3.63, 3.8) is 0 Å². The van der Waals surface area contributed by atoms with Gasteiger partial charge < -0.3 is 10.8 Å². The molecule has 0 spiro atoms. The predicted octanol–water partition coefficient (Wildman–Crippen LogP) is 1.86. The van der Waals surface area contributed by atoms with Crippen LogP contribution in [0.5, 0.6) is 5.75 Å². The molecule has 7 heteroatoms. The summed E-state index contributed by atoms with van der Waals surface area (Å²) in [6.07, 6.45) is 0. The summed E-state index contributed by atoms with van der Waals surface area (Å²) in [5, 5.41) is 11.1. The number of nitrogens with zero attached hydrogens (tertiary/aromatic N) is 1. The second-order valence-corrected chi connectivity index (χ2v) is 7.19. The van der Waals surface area contributed by atoms with Gasteiger partial charge in [0.2, 0.25) is 0 Å². The van der Waals surface area contributed by atoms with E-state index in [4.69, 9.17) is 5.73 Å². The van der Waals surface area contributed by atoms with Gasteiger partial charge in [0.1, 0.15) is 0 Å². The molecule has 1 aromatic heterocycles. The first-order chi connectivity index (χ1) is 8.93. The Morgan fingerprint density at radius 3 is 2.47 bits per heavy atom. The summed E-state index contributed by atoms with van der Waals surface area (Å²) >= 11 is 0.917. The molecule has 1 aromatic carbocycles. The Bertz CT molecular complexity index is 666. The molecule has 0 saturated heterocycles. The van der Waals surface area contributed by atoms with E-state index in [1.807, 2.05) is 30.3 Å². The molecule has 5 nitrogen and oxygen atoms in total. The Kier molecular flexibility index (Phi) is 3.79. The third kappa shape index (κ3) is 2.73. The quantitative estimate of drug-likeness (QED) is 0.902. The molecule has 0 radical (unpaired) electrons. The first kappa shape index (κ1) is 13.9. The Morgan fingerprint density at radius 2 is 1.95 bits per heavy atom. The van der Waals surface area contributed by atoms with Gasteiger partial charge in [0.05, 0.1) is 5.69 Å². The minimum Gasteiger partial charge on any atom is -0.504 e. The van der Waals surface area contributed by atoms with Crippen LogP contribution in [-0.2, 0) is 16.6 Å². The Balaban J connectivity index is 2.28. The van der Waals surface area contributed by atoms with E-state index < -0.39 is 10.0 Å². The molecular formula is C12H14N2O3S2. The molecule has 0 aliphatic rings. The number of thiophene rings is 1. The second kappa shape index (κ2) is 5.20. The lowest BCUT2D eigenvalue weighted by Crippen LogP contribution is -2.25. The number of aromatic hydroxyl groups is 1. The number of sulfonamides is 1. The lowest BCUT2D eigenvalue weighted by molar-refractivity contribution is 0.446. The van der Waals surface area contributed by atoms with Gasteiger partial charge in [0.15, 0.2) is 9.96 Å². The van der Waals surface area contributed by atoms with Crippen molar-refractivity contribution in [3.8, 4) is 5.75 Å². The molecule has 0 saturated carbocycles. The van der Waals surface area contributed by atoms with Crippen molar-refractivity contribution in [2.24, 2.45) is 0 Å². The zero-order valence-corrected chi connectivity index (χ0v) is 11.9. The highest BCUT2D eigenvalue weighted by Gasteiger charge is 2.27. The normalized spacial score (nSPS) is 11.9. The molecule has 0 atom stereocenters. The van der Waals surface area contributed by atoms with Gasteiger partial charge >= 0.3 is 0 Å². The topological polar surface area (TPSA) is 83.6 Å². The van der Waals surface area contributed by atoms with Crippen LogP contribution in [0.3, 0.4) is 0 Å². The maximum atomic E-state index is 12.3. The van der Waals surface area contributed by atoms with E-state index in [1.54, 1.807) is 0 Å². The average molecular weight is 298 g/mol. The Hall–Kier alpha value is -1.57. The van der Waals surface area contributed by atoms with Crippen LogP contribution in [0, 0.1) is 0 Å². The number of hydrogen-bond acceptors (Lipinski definition) is 5. The van der Waals surface area contributed by atoms with Crippen LogP contribution in [0.4, 0.5) is 5.69 Å². The minimum atomic E-state index is -3.73. The van der Waals surface area contributed by atoms with Crippen LogP contribution < -0.4 is 5.73 Å². The van der Waals surface area contributed by atoms with Gasteiger partial charge in [-0.2, -0.15) is 4.31 Å². The standard InChI is InChI=1S/C12H14N2O3S2/c1-14(7-9-5-3-2-4-6-9)19(16,17)12-11(15)10(13)8-18-12/h2-6,8,15H,7,13H2,1H3. The zero-order valence-electron chi connectivity index (χ0n) is 10.3. The van der Waals surface area contributed by atoms with E-state index in [9.17, 15) is 13.5 Å². The molecule has 0 amide bonds. The van der Waals surface area contributed by atoms with Crippen LogP contribution >= 0.6 is 11.3 Å². The Morgan fingerprint density at radius 1 is 1.32 bits per heavy atom. The van der Waals surface area contributed by atoms with Crippen molar-refractivity contribution in [1.82, 2.24) is 4.31 Å². The molecule has 0 unspecified atom stereocenters. The van der Waals surface area contributed by atoms with Gasteiger partial charge in [-0.1, -0.05) is 30.3 Å². The van der Waals surface area contributed by atoms with Crippen molar-refractivity contribution >= 4 is 27.0 Å². The summed E-state index contributed by atoms with van der Waals surface area (Å²) in [4.78, 5) is 0. The molecule has 3 N–H and O–H groups in total. The van der Waals surface area contributed by atoms with Crippen molar-refractivity contribution in [2.75, 3.05) is 12.8 Å². The molecule has 0 aliphatic heterocycles. The van der Waals surface area contributed by atoms with E-state index in [1.165, 1.54) is 16.7 Å². The molecular weight excluding hydrogens is 284 g/mol. The van der Waals surface area contributed by atoms with Gasteiger partial charge in [0.25, 0.3) is 10.0 Å². The monoisotopic (exact) mass is 298 g/mol. The van der Waals surface area contributed by atoms with Gasteiger partial charge in [-0.15, -0.1) is 11.3 Å². The highest BCUT2D eigenvalue weighted by Crippen LogP contribution is 2.37. The van der Waals surface area contributed by atoms with Gasteiger partial charge in [-0.05, 0) is 5.56 Å². The van der Waals surface area contributed by atoms with Crippen LogP contribution in [0.2, 0.25) is 0 Å². The number of hydrogen-bond donors (Lipinski definition) is 2. The summed E-state index contributed by atoms with van der Waals surface area (Å²) < 4.78 is 25.6. The molecule has 0 aliphatic carbocycles. The van der Waals surface area contributed by atoms with E-state index in [2.05, 4.69) is 0 Å². The van der Waals surface area contributed by atoms with Gasteiger partial charge in [-0.3, -0.25) is 0 Å². The zero-order chi connectivity index (χ0) is 14.0. The molecule has 2 aromatic rings. The van der Waals surface area contributed by atoms with Crippen LogP contribution in [0.15, 0.2) is 39.9 Å². The number of rotatable bonds is 4. The van der Waals surface area contributed by atoms with Gasteiger partial charge in [0, 0.05) is 19.0 Å². The molecule has 1 heterocycles. The fourth-order valence-electron chi connectivity index (χ4n) is 1.60. The second-order valence-electron chi connectivity index (χ2n) is 4.07. The maximum absolute atomic E-state index is 12.3. The van der Waals surface area contributed by atoms with E-state index in [0.717, 1.165) is 16.9 Å². The third-order valence-corrected chi connectivity index (χ3v) is 5.96. The number of nitrogens with two attached hydrogens (primary N) is 1. The van der Waals surface area contributed by atoms with Crippen LogP contribution in [-0.4, -0.2) is 24.9 Å². The molecule has 2 rings (SSSR count). The summed E-state index contributed by atoms with van der Waals surface area (Å²) in [5.74, 6) is -0.370. The fraction of sp³-hybridized carbons (Fsp3) is 0.167. The summed E-state index contributed by atoms with van der Waals surface area (Å²) in [5.41, 5.74) is 6.42. The minimum absolute atomic E-state index is 0.0803. The van der Waals surface area contributed by atoms with E-state index in [-0.39, 0.29) is 22.2 Å². The molecule has 102 valence electrons. The summed E-state index contributed by atoms with van der Waals surface area (Å²) in [6.45, 7) is 0.237. The highest BCUT2D eigenvalue weighted by atomic mass is 32.2. The molecule has 19 heavy (non-hydrogen) atoms. The summed E-state index contributed by atoms with van der Waals surface area (Å²) in [6, 6.07) is 9.24. The molecule has 0 bridgehead atoms. The lowest BCUT2D eigenvalue weighted by Gasteiger charge is -2.16. The van der Waals surface area contributed by atoms with Gasteiger partial charge in [-0.25, -0.2) is 8.42 Å². The summed E-state index contributed by atoms with van der Waals surface area (Å²) in [7, 11) is -2.26. The first-order valence-electron chi connectivity index (χ1n) is 5.49. The van der Waals surface area contributed by atoms with Crippen molar-refractivity contribution in [3.05, 3.63) is 41.3 Å². The van der Waals surface area contributed by atoms with Crippen molar-refractivity contribution in [2.45, 2.75) is 10.8 Å². The molecule has 0 fully saturated rings. The fourth-order valence-corrected chi connectivity index (χ4v) is 4.15. The number of benzene rings is 1. The van der Waals surface area contributed by atoms with Crippen LogP contribution in [0.25, 0.3) is 0 Å². The van der Waals surface area contributed by atoms with Crippen molar-refractivity contribution in [1.29, 1.82) is 0 Å². The smallest absolute Gasteiger partial charge is 0.256 e. The number of anilines is 1. The first-order valence-corrected chi connectivity index (χ1v) is 7.81.